The van der Waals surface area contributed by atoms with Crippen molar-refractivity contribution in [3.8, 4) is 0 Å². The number of rotatable bonds is 15. The van der Waals surface area contributed by atoms with Gasteiger partial charge >= 0.3 is 17.2 Å². The first-order valence-electron chi connectivity index (χ1n) is 18.4. The molecule has 0 radical (unpaired) electrons. The summed E-state index contributed by atoms with van der Waals surface area (Å²) in [7, 11) is -5.59. The third-order valence-electron chi connectivity index (χ3n) is 11.4. The predicted octanol–water partition coefficient (Wildman–Crippen LogP) is 4.36. The van der Waals surface area contributed by atoms with E-state index in [1.54, 1.807) is 0 Å². The third-order valence-corrected chi connectivity index (χ3v) is 12.1. The maximum absolute atomic E-state index is 11.0. The monoisotopic (exact) mass is 770 g/mol. The molecular formula is C35H68N2O12P2. The molecule has 16 heteroatoms. The quantitative estimate of drug-likeness (QED) is 0.116. The second kappa shape index (κ2) is 16.0. The van der Waals surface area contributed by atoms with Crippen molar-refractivity contribution < 1.29 is 57.4 Å². The molecule has 0 saturated carbocycles. The molecule has 7 N–H and O–H groups in total. The summed E-state index contributed by atoms with van der Waals surface area (Å²) in [4.78, 5) is 39.1. The zero-order valence-corrected chi connectivity index (χ0v) is 34.5. The Morgan fingerprint density at radius 3 is 1.29 bits per heavy atom. The van der Waals surface area contributed by atoms with Gasteiger partial charge in [-0.25, -0.2) is 0 Å². The molecule has 4 rings (SSSR count). The Morgan fingerprint density at radius 2 is 0.980 bits per heavy atom. The fraction of sp³-hybridized carbons (Fsp3) is 1.00. The van der Waals surface area contributed by atoms with E-state index in [1.807, 2.05) is 0 Å². The van der Waals surface area contributed by atoms with Crippen LogP contribution >= 0.6 is 17.2 Å². The van der Waals surface area contributed by atoms with Crippen LogP contribution in [-0.2, 0) is 32.7 Å². The SMILES string of the molecule is CCC1(COC(CC2(CC)COC3(CC(C)(C)NC(C)(C)C3)OC2)C(CO)(COP(O)O)COP(O)O)COC2(CC(C)(C)NC(C)(C)C2)OC1. The van der Waals surface area contributed by atoms with Crippen molar-refractivity contribution in [2.45, 2.75) is 154 Å². The number of hydrogen-bond acceptors (Lipinski definition) is 14. The first kappa shape index (κ1) is 44.0. The molecule has 4 aliphatic rings. The van der Waals surface area contributed by atoms with Crippen LogP contribution in [0.2, 0.25) is 0 Å². The average molecular weight is 771 g/mol. The van der Waals surface area contributed by atoms with Gasteiger partial charge in [0.25, 0.3) is 0 Å². The van der Waals surface area contributed by atoms with Crippen LogP contribution in [0.25, 0.3) is 0 Å². The van der Waals surface area contributed by atoms with Crippen molar-refractivity contribution in [3.63, 3.8) is 0 Å². The minimum Gasteiger partial charge on any atom is -0.396 e. The first-order chi connectivity index (χ1) is 23.4. The smallest absolute Gasteiger partial charge is 0.327 e. The Bertz CT molecular complexity index is 1090. The van der Waals surface area contributed by atoms with E-state index in [1.165, 1.54) is 0 Å². The molecule has 0 aromatic rings. The van der Waals surface area contributed by atoms with Gasteiger partial charge in [-0.3, -0.25) is 0 Å². The molecule has 1 unspecified atom stereocenters. The molecule has 14 nitrogen and oxygen atoms in total. The Balaban J connectivity index is 1.60. The molecule has 2 spiro atoms. The van der Waals surface area contributed by atoms with Crippen LogP contribution < -0.4 is 10.6 Å². The number of piperidine rings is 2. The summed E-state index contributed by atoms with van der Waals surface area (Å²) in [5, 5.41) is 18.4. The van der Waals surface area contributed by atoms with Gasteiger partial charge in [0.15, 0.2) is 11.6 Å². The highest BCUT2D eigenvalue weighted by molar-refractivity contribution is 7.39. The fourth-order valence-electron chi connectivity index (χ4n) is 9.31. The van der Waals surface area contributed by atoms with Gasteiger partial charge in [-0.15, -0.1) is 0 Å². The van der Waals surface area contributed by atoms with Crippen molar-refractivity contribution in [3.05, 3.63) is 0 Å². The summed E-state index contributed by atoms with van der Waals surface area (Å²) in [6.07, 6.45) is 3.56. The average Bonchev–Trinajstić information content (AvgIpc) is 2.99. The lowest BCUT2D eigenvalue weighted by Gasteiger charge is -2.57. The van der Waals surface area contributed by atoms with Gasteiger partial charge in [0.05, 0.1) is 64.4 Å². The summed E-state index contributed by atoms with van der Waals surface area (Å²) < 4.78 is 44.3. The van der Waals surface area contributed by atoms with Crippen LogP contribution in [0.5, 0.6) is 0 Å². The van der Waals surface area contributed by atoms with E-state index >= 15 is 0 Å². The highest BCUT2D eigenvalue weighted by Gasteiger charge is 2.56. The number of nitrogens with one attached hydrogen (secondary N) is 2. The number of ether oxygens (including phenoxy) is 5. The van der Waals surface area contributed by atoms with E-state index in [0.29, 0.717) is 71.4 Å². The second-order valence-electron chi connectivity index (χ2n) is 18.8. The molecule has 4 saturated heterocycles. The zero-order chi connectivity index (χ0) is 38.2. The Kier molecular flexibility index (Phi) is 13.8. The lowest BCUT2D eigenvalue weighted by Crippen LogP contribution is -2.67. The van der Waals surface area contributed by atoms with Gasteiger partial charge in [0, 0.05) is 58.7 Å². The van der Waals surface area contributed by atoms with E-state index in [9.17, 15) is 24.7 Å². The van der Waals surface area contributed by atoms with E-state index in [0.717, 1.165) is 0 Å². The van der Waals surface area contributed by atoms with Crippen molar-refractivity contribution in [2.75, 3.05) is 52.9 Å². The lowest BCUT2D eigenvalue weighted by atomic mass is 9.71. The fourth-order valence-corrected chi connectivity index (χ4v) is 10.1. The molecule has 51 heavy (non-hydrogen) atoms. The van der Waals surface area contributed by atoms with Crippen LogP contribution in [0, 0.1) is 16.2 Å². The van der Waals surface area contributed by atoms with Gasteiger partial charge in [-0.2, -0.15) is 0 Å². The van der Waals surface area contributed by atoms with Crippen molar-refractivity contribution in [1.82, 2.24) is 10.6 Å². The topological polar surface area (TPSA) is 190 Å². The molecule has 4 heterocycles. The van der Waals surface area contributed by atoms with Crippen molar-refractivity contribution in [1.29, 1.82) is 0 Å². The van der Waals surface area contributed by atoms with Gasteiger partial charge in [0.2, 0.25) is 0 Å². The number of hydrogen-bond donors (Lipinski definition) is 7. The summed E-state index contributed by atoms with van der Waals surface area (Å²) >= 11 is 0. The minimum atomic E-state index is -2.79. The normalized spacial score (nSPS) is 27.9. The van der Waals surface area contributed by atoms with Gasteiger partial charge in [0.1, 0.15) is 0 Å². The molecule has 4 fully saturated rings. The van der Waals surface area contributed by atoms with Crippen LogP contribution in [0.4, 0.5) is 0 Å². The molecular weight excluding hydrogens is 702 g/mol. The van der Waals surface area contributed by atoms with E-state index < -0.39 is 57.7 Å². The standard InChI is InChI=1S/C35H68N2O12P2/c1-11-31(20-44-34(45-21-31)14-27(3,4)36-28(5,6)15-34)13-26(33(18-38,24-48-50(39)40)25-49-51(41)42)43-19-32(12-2)22-46-35(47-23-32)16-29(7,8)37-30(9,10)17-35/h26,36-42H,11-25H2,1-10H3. The molecule has 0 bridgehead atoms. The molecule has 0 aromatic carbocycles. The van der Waals surface area contributed by atoms with Crippen LogP contribution in [-0.4, -0.2) is 117 Å². The highest BCUT2D eigenvalue weighted by Crippen LogP contribution is 2.50. The number of aliphatic hydroxyl groups excluding tert-OH is 1. The van der Waals surface area contributed by atoms with E-state index in [-0.39, 0.29) is 42.0 Å². The summed E-state index contributed by atoms with van der Waals surface area (Å²) in [6, 6.07) is 0. The largest absolute Gasteiger partial charge is 0.396 e. The Hall–Kier alpha value is 0.300. The molecule has 0 aromatic heterocycles. The van der Waals surface area contributed by atoms with Gasteiger partial charge in [-0.1, -0.05) is 13.8 Å². The summed E-state index contributed by atoms with van der Waals surface area (Å²) in [5.74, 6) is -1.50. The molecule has 300 valence electrons. The molecule has 1 atom stereocenters. The van der Waals surface area contributed by atoms with E-state index in [4.69, 9.17) is 32.7 Å². The summed E-state index contributed by atoms with van der Waals surface area (Å²) in [5.41, 5.74) is -3.30. The maximum Gasteiger partial charge on any atom is 0.327 e. The van der Waals surface area contributed by atoms with Crippen molar-refractivity contribution in [2.24, 2.45) is 16.2 Å². The Labute approximate surface area is 308 Å². The molecule has 4 aliphatic heterocycles. The van der Waals surface area contributed by atoms with Gasteiger partial charge < -0.3 is 68.0 Å². The highest BCUT2D eigenvalue weighted by atomic mass is 31.2. The van der Waals surface area contributed by atoms with Crippen LogP contribution in [0.1, 0.15) is 114 Å². The predicted molar refractivity (Wildman–Crippen MR) is 194 cm³/mol. The molecule has 0 amide bonds. The number of aliphatic hydroxyl groups is 1. The summed E-state index contributed by atoms with van der Waals surface area (Å²) in [6.45, 7) is 21.7. The Morgan fingerprint density at radius 1 is 0.627 bits per heavy atom. The van der Waals surface area contributed by atoms with Crippen molar-refractivity contribution >= 4 is 17.2 Å². The molecule has 0 aliphatic carbocycles. The maximum atomic E-state index is 11.0. The second-order valence-corrected chi connectivity index (χ2v) is 20.3. The lowest BCUT2D eigenvalue weighted by molar-refractivity contribution is -0.340. The first-order valence-corrected chi connectivity index (χ1v) is 20.7. The zero-order valence-electron chi connectivity index (χ0n) is 32.7. The van der Waals surface area contributed by atoms with Crippen LogP contribution in [0.3, 0.4) is 0 Å². The minimum absolute atomic E-state index is 0.190. The van der Waals surface area contributed by atoms with Crippen LogP contribution in [0.15, 0.2) is 0 Å². The van der Waals surface area contributed by atoms with Gasteiger partial charge in [-0.05, 0) is 74.7 Å². The van der Waals surface area contributed by atoms with E-state index in [2.05, 4.69) is 79.9 Å². The third kappa shape index (κ3) is 11.2.